The molecule has 0 aliphatic rings. The van der Waals surface area contributed by atoms with Crippen molar-refractivity contribution >= 4 is 0 Å². The summed E-state index contributed by atoms with van der Waals surface area (Å²) in [4.78, 5) is 17.7. The summed E-state index contributed by atoms with van der Waals surface area (Å²) >= 11 is 0. The second-order valence-corrected chi connectivity index (χ2v) is 8.88. The Morgan fingerprint density at radius 3 is 2.57 bits per heavy atom. The van der Waals surface area contributed by atoms with Crippen LogP contribution in [0.25, 0.3) is 28.2 Å². The van der Waals surface area contributed by atoms with Crippen molar-refractivity contribution in [1.82, 2.24) is 34.7 Å². The molecule has 0 saturated carbocycles. The molecule has 0 spiro atoms. The van der Waals surface area contributed by atoms with E-state index in [1.54, 1.807) is 29.2 Å². The molecule has 0 atom stereocenters. The first-order valence-corrected chi connectivity index (χ1v) is 12.5. The van der Waals surface area contributed by atoms with E-state index in [1.807, 2.05) is 31.2 Å². The Hall–Kier alpha value is -4.40. The molecule has 188 valence electrons. The van der Waals surface area contributed by atoms with Crippen LogP contribution in [0, 0.1) is 5.82 Å². The van der Waals surface area contributed by atoms with Crippen molar-refractivity contribution in [1.29, 1.82) is 0 Å². The molecule has 8 nitrogen and oxygen atoms in total. The summed E-state index contributed by atoms with van der Waals surface area (Å²) in [6, 6.07) is 15.0. The van der Waals surface area contributed by atoms with Crippen LogP contribution in [0.15, 0.2) is 71.9 Å². The van der Waals surface area contributed by atoms with E-state index in [0.29, 0.717) is 30.9 Å². The Kier molecular flexibility index (Phi) is 7.02. The highest BCUT2D eigenvalue weighted by atomic mass is 19.1. The molecular weight excluding hydrogens is 469 g/mol. The van der Waals surface area contributed by atoms with Gasteiger partial charge in [-0.2, -0.15) is 5.21 Å². The van der Waals surface area contributed by atoms with Crippen molar-refractivity contribution in [2.75, 3.05) is 0 Å². The van der Waals surface area contributed by atoms with E-state index in [-0.39, 0.29) is 11.5 Å². The number of rotatable bonds is 9. The lowest BCUT2D eigenvalue weighted by Crippen LogP contribution is -2.26. The molecule has 5 rings (SSSR count). The third-order valence-electron chi connectivity index (χ3n) is 6.56. The number of nitrogens with zero attached hydrogens (tertiary/aromatic N) is 6. The number of pyridine rings is 1. The van der Waals surface area contributed by atoms with Gasteiger partial charge in [-0.05, 0) is 53.3 Å². The highest BCUT2D eigenvalue weighted by molar-refractivity contribution is 5.79. The fourth-order valence-corrected chi connectivity index (χ4v) is 4.68. The Bertz CT molecular complexity index is 1550. The summed E-state index contributed by atoms with van der Waals surface area (Å²) in [6.45, 7) is 4.55. The van der Waals surface area contributed by atoms with Crippen molar-refractivity contribution in [3.8, 4) is 28.2 Å². The summed E-state index contributed by atoms with van der Waals surface area (Å²) in [7, 11) is 0. The van der Waals surface area contributed by atoms with Crippen LogP contribution in [0.1, 0.15) is 37.1 Å². The fraction of sp³-hybridized carbons (Fsp3) is 0.250. The van der Waals surface area contributed by atoms with E-state index in [9.17, 15) is 9.18 Å². The molecule has 5 aromatic rings. The molecular formula is C28H28FN7O. The van der Waals surface area contributed by atoms with E-state index in [1.165, 1.54) is 10.6 Å². The summed E-state index contributed by atoms with van der Waals surface area (Å²) < 4.78 is 18.0. The molecule has 0 saturated heterocycles. The number of hydrogen-bond acceptors (Lipinski definition) is 5. The average Bonchev–Trinajstić information content (AvgIpc) is 3.56. The lowest BCUT2D eigenvalue weighted by molar-refractivity contribution is 0.602. The maximum Gasteiger partial charge on any atom is 0.333 e. The first-order chi connectivity index (χ1) is 18.1. The number of aromatic nitrogens is 7. The monoisotopic (exact) mass is 497 g/mol. The van der Waals surface area contributed by atoms with Crippen LogP contribution >= 0.6 is 0 Å². The molecule has 0 aliphatic carbocycles. The van der Waals surface area contributed by atoms with Crippen molar-refractivity contribution in [3.05, 3.63) is 100 Å². The lowest BCUT2D eigenvalue weighted by Gasteiger charge is -2.10. The van der Waals surface area contributed by atoms with Crippen molar-refractivity contribution < 1.29 is 4.39 Å². The summed E-state index contributed by atoms with van der Waals surface area (Å²) in [5.74, 6) is 0.128. The van der Waals surface area contributed by atoms with Gasteiger partial charge in [0, 0.05) is 42.0 Å². The van der Waals surface area contributed by atoms with Crippen LogP contribution in [0.5, 0.6) is 0 Å². The quantitative estimate of drug-likeness (QED) is 0.316. The maximum atomic E-state index is 14.8. The SMILES string of the molecule is CCCc1cn(-c2c(F)cccc2CC)c(=O)n1CCc1ccc(-c2cnccc2-c2nn[nH]n2)cc1. The topological polar surface area (TPSA) is 94.3 Å². The number of halogens is 1. The number of H-pyrrole nitrogens is 1. The number of aromatic amines is 1. The van der Waals surface area contributed by atoms with Gasteiger partial charge in [-0.25, -0.2) is 9.18 Å². The van der Waals surface area contributed by atoms with Crippen molar-refractivity contribution in [2.45, 2.75) is 46.1 Å². The maximum absolute atomic E-state index is 14.8. The molecule has 0 amide bonds. The zero-order valence-electron chi connectivity index (χ0n) is 20.9. The van der Waals surface area contributed by atoms with Crippen molar-refractivity contribution in [2.24, 2.45) is 0 Å². The van der Waals surface area contributed by atoms with Crippen LogP contribution < -0.4 is 5.69 Å². The van der Waals surface area contributed by atoms with Gasteiger partial charge in [0.15, 0.2) is 0 Å². The summed E-state index contributed by atoms with van der Waals surface area (Å²) in [5, 5.41) is 14.3. The van der Waals surface area contributed by atoms with E-state index < -0.39 is 0 Å². The zero-order valence-corrected chi connectivity index (χ0v) is 20.9. The molecule has 3 aromatic heterocycles. The fourth-order valence-electron chi connectivity index (χ4n) is 4.68. The third kappa shape index (κ3) is 4.84. The van der Waals surface area contributed by atoms with Crippen LogP contribution in [0.2, 0.25) is 0 Å². The van der Waals surface area contributed by atoms with Crippen LogP contribution in [0.4, 0.5) is 4.39 Å². The number of imidazole rings is 1. The first-order valence-electron chi connectivity index (χ1n) is 12.5. The van der Waals surface area contributed by atoms with Gasteiger partial charge >= 0.3 is 5.69 Å². The standard InChI is InChI=1S/C28H28FN7O/c1-3-6-22-18-36(26-20(4-2)7-5-8-25(26)29)28(37)35(22)16-14-19-9-11-21(12-10-19)24-17-30-15-13-23(24)27-31-33-34-32-27/h5,7-13,15,17-18H,3-4,6,14,16H2,1-2H3,(H,31,32,33,34). The minimum atomic E-state index is -0.382. The van der Waals surface area contributed by atoms with E-state index in [0.717, 1.165) is 46.4 Å². The van der Waals surface area contributed by atoms with Gasteiger partial charge in [0.25, 0.3) is 0 Å². The van der Waals surface area contributed by atoms with Crippen LogP contribution in [0.3, 0.4) is 0 Å². The molecule has 0 aliphatic heterocycles. The third-order valence-corrected chi connectivity index (χ3v) is 6.56. The smallest absolute Gasteiger partial charge is 0.296 e. The molecule has 0 bridgehead atoms. The van der Waals surface area contributed by atoms with Gasteiger partial charge in [0.05, 0.1) is 5.69 Å². The number of aryl methyl sites for hydroxylation is 3. The number of benzene rings is 2. The molecule has 37 heavy (non-hydrogen) atoms. The predicted molar refractivity (Wildman–Crippen MR) is 140 cm³/mol. The summed E-state index contributed by atoms with van der Waals surface area (Å²) in [5.41, 5.74) is 5.69. The average molecular weight is 498 g/mol. The minimum absolute atomic E-state index is 0.208. The van der Waals surface area contributed by atoms with Gasteiger partial charge in [-0.15, -0.1) is 10.2 Å². The van der Waals surface area contributed by atoms with Crippen molar-refractivity contribution in [3.63, 3.8) is 0 Å². The molecule has 2 aromatic carbocycles. The van der Waals surface area contributed by atoms with Crippen LogP contribution in [-0.2, 0) is 25.8 Å². The second-order valence-electron chi connectivity index (χ2n) is 8.88. The highest BCUT2D eigenvalue weighted by Crippen LogP contribution is 2.29. The van der Waals surface area contributed by atoms with Gasteiger partial charge in [-0.1, -0.05) is 56.7 Å². The zero-order chi connectivity index (χ0) is 25.8. The van der Waals surface area contributed by atoms with Gasteiger partial charge < -0.3 is 0 Å². The van der Waals surface area contributed by atoms with Crippen LogP contribution in [-0.4, -0.2) is 34.7 Å². The molecule has 0 unspecified atom stereocenters. The normalized spacial score (nSPS) is 11.2. The Morgan fingerprint density at radius 1 is 1.00 bits per heavy atom. The number of tetrazole rings is 1. The second kappa shape index (κ2) is 10.7. The lowest BCUT2D eigenvalue weighted by atomic mass is 10.00. The first kappa shape index (κ1) is 24.3. The highest BCUT2D eigenvalue weighted by Gasteiger charge is 2.17. The number of hydrogen-bond donors (Lipinski definition) is 1. The Morgan fingerprint density at radius 2 is 1.84 bits per heavy atom. The molecule has 0 radical (unpaired) electrons. The predicted octanol–water partition coefficient (Wildman–Crippen LogP) is 4.78. The molecule has 3 heterocycles. The molecule has 1 N–H and O–H groups in total. The van der Waals surface area contributed by atoms with Gasteiger partial charge in [-0.3, -0.25) is 14.1 Å². The molecule has 0 fully saturated rings. The summed E-state index contributed by atoms with van der Waals surface area (Å²) in [6.07, 6.45) is 8.24. The largest absolute Gasteiger partial charge is 0.333 e. The van der Waals surface area contributed by atoms with E-state index >= 15 is 0 Å². The van der Waals surface area contributed by atoms with E-state index in [4.69, 9.17) is 0 Å². The number of para-hydroxylation sites is 1. The van der Waals surface area contributed by atoms with Gasteiger partial charge in [0.1, 0.15) is 5.82 Å². The van der Waals surface area contributed by atoms with E-state index in [2.05, 4.69) is 44.7 Å². The Balaban J connectivity index is 1.41. The number of nitrogens with one attached hydrogen (secondary N) is 1. The molecule has 9 heteroatoms. The minimum Gasteiger partial charge on any atom is -0.296 e. The Labute approximate surface area is 213 Å². The van der Waals surface area contributed by atoms with Gasteiger partial charge in [0.2, 0.25) is 5.82 Å².